The van der Waals surface area contributed by atoms with Crippen molar-refractivity contribution in [3.05, 3.63) is 59.7 Å². The molecule has 0 heterocycles. The number of methoxy groups -OCH3 is 1. The standard InChI is InChI=1S/C29H37NO8/c1-4-6-13-25(31)37-23-16-15-21(19-24(23)38-26(32)14-7-5-2)20-29(30,28(34)35-3)17-18-36-27(33)22-11-9-8-10-12-22/h8-12,15-16,19H,4-7,13-14,17-18,20,30H2,1-3H3/t29-/m1/s1. The highest BCUT2D eigenvalue weighted by Gasteiger charge is 2.36. The number of benzene rings is 2. The van der Waals surface area contributed by atoms with Crippen molar-refractivity contribution >= 4 is 23.9 Å². The van der Waals surface area contributed by atoms with Gasteiger partial charge < -0.3 is 24.7 Å². The summed E-state index contributed by atoms with van der Waals surface area (Å²) in [5.74, 6) is -1.95. The SMILES string of the molecule is CCCCC(=O)Oc1ccc(C[C@](N)(CCOC(=O)c2ccccc2)C(=O)OC)cc1OC(=O)CCCC. The molecule has 0 spiro atoms. The van der Waals surface area contributed by atoms with Gasteiger partial charge in [-0.25, -0.2) is 4.79 Å². The molecule has 2 rings (SSSR count). The molecule has 0 saturated carbocycles. The number of esters is 4. The quantitative estimate of drug-likeness (QED) is 0.262. The highest BCUT2D eigenvalue weighted by Crippen LogP contribution is 2.31. The van der Waals surface area contributed by atoms with Gasteiger partial charge in [0.2, 0.25) is 0 Å². The summed E-state index contributed by atoms with van der Waals surface area (Å²) in [5, 5.41) is 0. The van der Waals surface area contributed by atoms with Gasteiger partial charge in [0.05, 0.1) is 19.3 Å². The van der Waals surface area contributed by atoms with E-state index in [1.165, 1.54) is 19.2 Å². The lowest BCUT2D eigenvalue weighted by atomic mass is 9.88. The number of ether oxygens (including phenoxy) is 4. The van der Waals surface area contributed by atoms with Gasteiger partial charge in [-0.2, -0.15) is 0 Å². The maximum atomic E-state index is 12.6. The van der Waals surface area contributed by atoms with Crippen molar-refractivity contribution in [2.45, 2.75) is 70.8 Å². The highest BCUT2D eigenvalue weighted by molar-refractivity contribution is 5.89. The van der Waals surface area contributed by atoms with Crippen LogP contribution in [-0.2, 0) is 30.3 Å². The van der Waals surface area contributed by atoms with Crippen LogP contribution in [0, 0.1) is 0 Å². The van der Waals surface area contributed by atoms with Gasteiger partial charge in [-0.3, -0.25) is 14.4 Å². The summed E-state index contributed by atoms with van der Waals surface area (Å²) in [4.78, 5) is 49.5. The molecule has 0 amide bonds. The van der Waals surface area contributed by atoms with Gasteiger partial charge >= 0.3 is 23.9 Å². The molecule has 0 aliphatic heterocycles. The van der Waals surface area contributed by atoms with Crippen molar-refractivity contribution in [3.8, 4) is 11.5 Å². The van der Waals surface area contributed by atoms with E-state index < -0.39 is 29.4 Å². The fraction of sp³-hybridized carbons (Fsp3) is 0.448. The summed E-state index contributed by atoms with van der Waals surface area (Å²) in [7, 11) is 1.22. The van der Waals surface area contributed by atoms with E-state index >= 15 is 0 Å². The number of carbonyl (C=O) groups excluding carboxylic acids is 4. The molecule has 38 heavy (non-hydrogen) atoms. The lowest BCUT2D eigenvalue weighted by Gasteiger charge is -2.26. The Morgan fingerprint density at radius 2 is 1.45 bits per heavy atom. The molecule has 0 fully saturated rings. The Bertz CT molecular complexity index is 1090. The Balaban J connectivity index is 2.21. The molecule has 9 nitrogen and oxygen atoms in total. The van der Waals surface area contributed by atoms with Crippen molar-refractivity contribution in [1.82, 2.24) is 0 Å². The zero-order valence-electron chi connectivity index (χ0n) is 22.3. The fourth-order valence-electron chi connectivity index (χ4n) is 3.63. The summed E-state index contributed by atoms with van der Waals surface area (Å²) in [5.41, 5.74) is 5.83. The number of carbonyl (C=O) groups is 4. The number of unbranched alkanes of at least 4 members (excludes halogenated alkanes) is 2. The molecule has 2 aromatic carbocycles. The van der Waals surface area contributed by atoms with Gasteiger partial charge in [0.15, 0.2) is 11.5 Å². The van der Waals surface area contributed by atoms with Gasteiger partial charge in [-0.05, 0) is 42.7 Å². The van der Waals surface area contributed by atoms with Gasteiger partial charge in [0, 0.05) is 25.7 Å². The minimum absolute atomic E-state index is 0.00781. The Morgan fingerprint density at radius 1 is 0.842 bits per heavy atom. The first kappa shape index (κ1) is 30.5. The Labute approximate surface area is 223 Å². The molecule has 9 heteroatoms. The van der Waals surface area contributed by atoms with Crippen LogP contribution in [0.1, 0.15) is 74.7 Å². The minimum atomic E-state index is -1.53. The zero-order valence-corrected chi connectivity index (χ0v) is 22.3. The topological polar surface area (TPSA) is 131 Å². The van der Waals surface area contributed by atoms with Crippen LogP contribution < -0.4 is 15.2 Å². The predicted molar refractivity (Wildman–Crippen MR) is 141 cm³/mol. The van der Waals surface area contributed by atoms with Gasteiger partial charge in [0.25, 0.3) is 0 Å². The Morgan fingerprint density at radius 3 is 2.03 bits per heavy atom. The largest absolute Gasteiger partial charge is 0.468 e. The summed E-state index contributed by atoms with van der Waals surface area (Å²) in [6.07, 6.45) is 3.39. The minimum Gasteiger partial charge on any atom is -0.468 e. The molecule has 0 radical (unpaired) electrons. The third kappa shape index (κ3) is 9.63. The molecule has 0 aliphatic carbocycles. The predicted octanol–water partition coefficient (Wildman–Crippen LogP) is 4.54. The van der Waals surface area contributed by atoms with Crippen LogP contribution in [0.5, 0.6) is 11.5 Å². The first-order chi connectivity index (χ1) is 18.2. The summed E-state index contributed by atoms with van der Waals surface area (Å²) >= 11 is 0. The molecule has 0 aliphatic rings. The molecule has 0 saturated heterocycles. The van der Waals surface area contributed by atoms with E-state index in [1.54, 1.807) is 36.4 Å². The Hall–Kier alpha value is -3.72. The maximum absolute atomic E-state index is 12.6. The van der Waals surface area contributed by atoms with Crippen molar-refractivity contribution in [2.24, 2.45) is 5.73 Å². The number of hydrogen-bond acceptors (Lipinski definition) is 9. The number of rotatable bonds is 15. The van der Waals surface area contributed by atoms with Gasteiger partial charge in [-0.1, -0.05) is 51.0 Å². The van der Waals surface area contributed by atoms with E-state index in [0.29, 0.717) is 24.0 Å². The molecule has 0 unspecified atom stereocenters. The molecule has 2 aromatic rings. The molecule has 0 bridgehead atoms. The third-order valence-electron chi connectivity index (χ3n) is 5.83. The van der Waals surface area contributed by atoms with Gasteiger partial charge in [-0.15, -0.1) is 0 Å². The van der Waals surface area contributed by atoms with Crippen molar-refractivity contribution in [3.63, 3.8) is 0 Å². The number of hydrogen-bond donors (Lipinski definition) is 1. The van der Waals surface area contributed by atoms with Crippen molar-refractivity contribution < 1.29 is 38.1 Å². The van der Waals surface area contributed by atoms with Crippen LogP contribution in [-0.4, -0.2) is 43.1 Å². The van der Waals surface area contributed by atoms with E-state index in [9.17, 15) is 19.2 Å². The van der Waals surface area contributed by atoms with Crippen LogP contribution in [0.15, 0.2) is 48.5 Å². The average Bonchev–Trinajstić information content (AvgIpc) is 2.92. The van der Waals surface area contributed by atoms with E-state index in [2.05, 4.69) is 0 Å². The summed E-state index contributed by atoms with van der Waals surface area (Å²) in [6, 6.07) is 13.1. The fourth-order valence-corrected chi connectivity index (χ4v) is 3.63. The van der Waals surface area contributed by atoms with Crippen LogP contribution >= 0.6 is 0 Å². The first-order valence-electron chi connectivity index (χ1n) is 12.9. The molecule has 206 valence electrons. The molecular weight excluding hydrogens is 490 g/mol. The van der Waals surface area contributed by atoms with Crippen LogP contribution in [0.4, 0.5) is 0 Å². The average molecular weight is 528 g/mol. The first-order valence-corrected chi connectivity index (χ1v) is 12.9. The highest BCUT2D eigenvalue weighted by atomic mass is 16.6. The number of nitrogens with two attached hydrogens (primary N) is 1. The smallest absolute Gasteiger partial charge is 0.338 e. The molecule has 0 aromatic heterocycles. The van der Waals surface area contributed by atoms with Crippen molar-refractivity contribution in [1.29, 1.82) is 0 Å². The van der Waals surface area contributed by atoms with E-state index in [4.69, 9.17) is 24.7 Å². The lowest BCUT2D eigenvalue weighted by molar-refractivity contribution is -0.147. The molecule has 1 atom stereocenters. The van der Waals surface area contributed by atoms with E-state index in [0.717, 1.165) is 12.8 Å². The normalized spacial score (nSPS) is 12.2. The zero-order chi connectivity index (χ0) is 28.0. The summed E-state index contributed by atoms with van der Waals surface area (Å²) in [6.45, 7) is 3.80. The Kier molecular flexibility index (Phi) is 12.5. The second-order valence-corrected chi connectivity index (χ2v) is 9.01. The van der Waals surface area contributed by atoms with Gasteiger partial charge in [0.1, 0.15) is 5.54 Å². The van der Waals surface area contributed by atoms with E-state index in [1.807, 2.05) is 13.8 Å². The maximum Gasteiger partial charge on any atom is 0.338 e. The van der Waals surface area contributed by atoms with E-state index in [-0.39, 0.29) is 43.8 Å². The van der Waals surface area contributed by atoms with Crippen LogP contribution in [0.25, 0.3) is 0 Å². The van der Waals surface area contributed by atoms with Crippen LogP contribution in [0.3, 0.4) is 0 Å². The molecule has 2 N–H and O–H groups in total. The van der Waals surface area contributed by atoms with Crippen LogP contribution in [0.2, 0.25) is 0 Å². The second kappa shape index (κ2) is 15.5. The third-order valence-corrected chi connectivity index (χ3v) is 5.83. The second-order valence-electron chi connectivity index (χ2n) is 9.01. The van der Waals surface area contributed by atoms with Crippen molar-refractivity contribution in [2.75, 3.05) is 13.7 Å². The summed E-state index contributed by atoms with van der Waals surface area (Å²) < 4.78 is 21.2. The lowest BCUT2D eigenvalue weighted by Crippen LogP contribution is -2.51. The molecular formula is C29H37NO8. The monoisotopic (exact) mass is 527 g/mol.